The number of hydrogen-bond donors (Lipinski definition) is 0. The third kappa shape index (κ3) is 2.93. The monoisotopic (exact) mass is 509 g/mol. The Morgan fingerprint density at radius 1 is 1.19 bits per heavy atom. The summed E-state index contributed by atoms with van der Waals surface area (Å²) in [6, 6.07) is 7.10. The van der Waals surface area contributed by atoms with E-state index in [-0.39, 0.29) is 33.7 Å². The minimum Gasteiger partial charge on any atom is -0.740 e. The molecule has 12 heteroatoms. The third-order valence-corrected chi connectivity index (χ3v) is 8.46. The molecule has 0 amide bonds. The van der Waals surface area contributed by atoms with E-state index in [9.17, 15) is 18.2 Å². The molecule has 1 aromatic carbocycles. The Morgan fingerprint density at radius 2 is 1.94 bits per heavy atom. The van der Waals surface area contributed by atoms with Gasteiger partial charge in [-0.05, 0) is 47.9 Å². The van der Waals surface area contributed by atoms with Crippen molar-refractivity contribution in [3.63, 3.8) is 0 Å². The lowest BCUT2D eigenvalue weighted by Crippen LogP contribution is -2.41. The summed E-state index contributed by atoms with van der Waals surface area (Å²) in [7, 11) is -1.42. The Labute approximate surface area is 207 Å². The molecule has 0 N–H and O–H groups in total. The fourth-order valence-corrected chi connectivity index (χ4v) is 6.42. The molecule has 0 spiro atoms. The van der Waals surface area contributed by atoms with Gasteiger partial charge in [-0.25, -0.2) is 13.5 Å². The predicted octanol–water partition coefficient (Wildman–Crippen LogP) is 2.97. The summed E-state index contributed by atoms with van der Waals surface area (Å²) in [6.45, 7) is 4.23. The van der Waals surface area contributed by atoms with Gasteiger partial charge in [-0.2, -0.15) is 10.1 Å². The summed E-state index contributed by atoms with van der Waals surface area (Å²) in [4.78, 5) is 8.69. The molecule has 2 aliphatic rings. The van der Waals surface area contributed by atoms with Gasteiger partial charge in [-0.3, -0.25) is 4.21 Å². The van der Waals surface area contributed by atoms with Crippen LogP contribution in [0.2, 0.25) is 0 Å². The lowest BCUT2D eigenvalue weighted by atomic mass is 9.66. The minimum atomic E-state index is -1.42. The van der Waals surface area contributed by atoms with Gasteiger partial charge < -0.3 is 5.21 Å². The van der Waals surface area contributed by atoms with Crippen LogP contribution in [0, 0.1) is 22.3 Å². The zero-order chi connectivity index (χ0) is 25.4. The Kier molecular flexibility index (Phi) is 4.85. The van der Waals surface area contributed by atoms with Crippen LogP contribution in [-0.4, -0.2) is 40.4 Å². The molecule has 36 heavy (non-hydrogen) atoms. The SMILES string of the molecule is CS(=O)c1ncn(-c2nc([C@]34CC[C@@H](c5cc(-c6c(F)cccc6F)nnc53)C4(C)C)cc[n+]2[O-])n1. The van der Waals surface area contributed by atoms with Gasteiger partial charge in [0.05, 0.1) is 39.4 Å². The lowest BCUT2D eigenvalue weighted by Gasteiger charge is -2.35. The Bertz CT molecular complexity index is 1550. The summed E-state index contributed by atoms with van der Waals surface area (Å²) in [5, 5.41) is 25.6. The molecule has 3 heterocycles. The highest BCUT2D eigenvalue weighted by Crippen LogP contribution is 2.69. The third-order valence-electron chi connectivity index (χ3n) is 7.76. The molecule has 2 aliphatic carbocycles. The van der Waals surface area contributed by atoms with E-state index >= 15 is 0 Å². The van der Waals surface area contributed by atoms with E-state index < -0.39 is 27.8 Å². The molecule has 184 valence electrons. The summed E-state index contributed by atoms with van der Waals surface area (Å²) in [6.07, 6.45) is 5.64. The van der Waals surface area contributed by atoms with E-state index in [1.807, 2.05) is 0 Å². The van der Waals surface area contributed by atoms with Crippen LogP contribution in [0.25, 0.3) is 17.2 Å². The molecule has 3 aromatic heterocycles. The van der Waals surface area contributed by atoms with Crippen LogP contribution in [0.5, 0.6) is 0 Å². The number of hydrogen-bond acceptors (Lipinski definition) is 7. The molecule has 1 fully saturated rings. The van der Waals surface area contributed by atoms with Gasteiger partial charge in [0.15, 0.2) is 6.33 Å². The highest BCUT2D eigenvalue weighted by molar-refractivity contribution is 7.84. The second-order valence-corrected chi connectivity index (χ2v) is 11.0. The van der Waals surface area contributed by atoms with Crippen LogP contribution >= 0.6 is 0 Å². The summed E-state index contributed by atoms with van der Waals surface area (Å²) >= 11 is 0. The van der Waals surface area contributed by atoms with Gasteiger partial charge in [-0.15, -0.1) is 5.10 Å². The first kappa shape index (κ1) is 22.8. The van der Waals surface area contributed by atoms with Crippen molar-refractivity contribution >= 4 is 10.8 Å². The number of halogens is 2. The number of rotatable bonds is 4. The van der Waals surface area contributed by atoms with Crippen LogP contribution in [0.15, 0.2) is 48.0 Å². The molecule has 9 nitrogen and oxygen atoms in total. The second-order valence-electron chi connectivity index (χ2n) is 9.71. The van der Waals surface area contributed by atoms with Crippen LogP contribution in [0.4, 0.5) is 8.78 Å². The first-order chi connectivity index (χ1) is 17.1. The normalized spacial score (nSPS) is 22.5. The number of nitrogens with zero attached hydrogens (tertiary/aromatic N) is 7. The summed E-state index contributed by atoms with van der Waals surface area (Å²) < 4.78 is 42.5. The van der Waals surface area contributed by atoms with Gasteiger partial charge in [0.1, 0.15) is 17.3 Å². The van der Waals surface area contributed by atoms with E-state index in [1.54, 1.807) is 12.1 Å². The van der Waals surface area contributed by atoms with E-state index in [4.69, 9.17) is 4.98 Å². The van der Waals surface area contributed by atoms with Crippen LogP contribution in [-0.2, 0) is 16.2 Å². The molecule has 3 atom stereocenters. The smallest absolute Gasteiger partial charge is 0.424 e. The van der Waals surface area contributed by atoms with E-state index in [2.05, 4.69) is 34.1 Å². The summed E-state index contributed by atoms with van der Waals surface area (Å²) in [5.41, 5.74) is 1.09. The van der Waals surface area contributed by atoms with Crippen molar-refractivity contribution in [1.29, 1.82) is 0 Å². The van der Waals surface area contributed by atoms with E-state index in [0.717, 1.165) is 18.4 Å². The first-order valence-corrected chi connectivity index (χ1v) is 12.9. The van der Waals surface area contributed by atoms with Gasteiger partial charge in [-0.1, -0.05) is 34.7 Å². The van der Waals surface area contributed by atoms with Gasteiger partial charge in [0, 0.05) is 12.3 Å². The van der Waals surface area contributed by atoms with Crippen LogP contribution in [0.3, 0.4) is 0 Å². The zero-order valence-electron chi connectivity index (χ0n) is 19.6. The predicted molar refractivity (Wildman–Crippen MR) is 124 cm³/mol. The molecule has 1 saturated carbocycles. The lowest BCUT2D eigenvalue weighted by molar-refractivity contribution is -0.603. The first-order valence-electron chi connectivity index (χ1n) is 11.3. The molecule has 0 saturated heterocycles. The number of aromatic nitrogens is 7. The molecule has 0 aliphatic heterocycles. The molecule has 0 radical (unpaired) electrons. The Balaban J connectivity index is 1.52. The maximum absolute atomic E-state index is 14.5. The van der Waals surface area contributed by atoms with Gasteiger partial charge >= 0.3 is 5.95 Å². The maximum atomic E-state index is 14.5. The number of benzene rings is 1. The molecule has 2 bridgehead atoms. The van der Waals surface area contributed by atoms with E-state index in [1.165, 1.54) is 41.7 Å². The Hall–Kier alpha value is -3.67. The van der Waals surface area contributed by atoms with Crippen molar-refractivity contribution in [2.24, 2.45) is 5.41 Å². The summed E-state index contributed by atoms with van der Waals surface area (Å²) in [5.74, 6) is -1.37. The zero-order valence-corrected chi connectivity index (χ0v) is 20.5. The van der Waals surface area contributed by atoms with Crippen molar-refractivity contribution in [2.45, 2.75) is 43.2 Å². The fraction of sp³-hybridized carbons (Fsp3) is 0.333. The average molecular weight is 510 g/mol. The standard InChI is InChI=1S/C24H21F2N7O2S/c1-23(2)14-7-9-24(23,18-8-10-33(34)22(28-18)32-12-27-21(31-32)36(3)35)20-13(14)11-17(29-30-20)19-15(25)5-4-6-16(19)26/h4-6,8,10-12,14H,7,9H2,1-3H3/t14-,24+,36?/m0/s1. The minimum absolute atomic E-state index is 0.0308. The maximum Gasteiger partial charge on any atom is 0.424 e. The van der Waals surface area contributed by atoms with Crippen molar-refractivity contribution < 1.29 is 17.7 Å². The molecule has 6 rings (SSSR count). The molecule has 4 aromatic rings. The van der Waals surface area contributed by atoms with Crippen molar-refractivity contribution in [3.8, 4) is 17.2 Å². The fourth-order valence-electron chi connectivity index (χ4n) is 6.02. The van der Waals surface area contributed by atoms with Crippen LogP contribution < -0.4 is 4.73 Å². The quantitative estimate of drug-likeness (QED) is 0.307. The average Bonchev–Trinajstić information content (AvgIpc) is 3.48. The van der Waals surface area contributed by atoms with E-state index in [0.29, 0.717) is 16.1 Å². The topological polar surface area (TPSA) is 113 Å². The van der Waals surface area contributed by atoms with Crippen molar-refractivity contribution in [1.82, 2.24) is 29.9 Å². The molecule has 1 unspecified atom stereocenters. The number of fused-ring (bicyclic) bond motifs is 5. The largest absolute Gasteiger partial charge is 0.740 e. The highest BCUT2D eigenvalue weighted by atomic mass is 32.2. The molecular weight excluding hydrogens is 488 g/mol. The van der Waals surface area contributed by atoms with Crippen LogP contribution in [0.1, 0.15) is 49.6 Å². The van der Waals surface area contributed by atoms with Crippen molar-refractivity contribution in [3.05, 3.63) is 76.6 Å². The molecular formula is C24H21F2N7O2S. The van der Waals surface area contributed by atoms with Gasteiger partial charge in [0.2, 0.25) is 0 Å². The second kappa shape index (κ2) is 7.66. The van der Waals surface area contributed by atoms with Crippen molar-refractivity contribution in [2.75, 3.05) is 6.26 Å². The highest BCUT2D eigenvalue weighted by Gasteiger charge is 2.66. The Morgan fingerprint density at radius 3 is 2.64 bits per heavy atom. The van der Waals surface area contributed by atoms with Gasteiger partial charge in [0.25, 0.3) is 5.16 Å².